The van der Waals surface area contributed by atoms with E-state index in [1.54, 1.807) is 36.0 Å². The molecule has 0 fully saturated rings. The summed E-state index contributed by atoms with van der Waals surface area (Å²) in [4.78, 5) is 8.43. The van der Waals surface area contributed by atoms with Gasteiger partial charge in [0.1, 0.15) is 29.4 Å². The van der Waals surface area contributed by atoms with E-state index in [9.17, 15) is 4.39 Å². The smallest absolute Gasteiger partial charge is 0.155 e. The molecule has 4 rings (SSSR count). The first-order chi connectivity index (χ1) is 14.4. The summed E-state index contributed by atoms with van der Waals surface area (Å²) in [6.45, 7) is 0. The minimum atomic E-state index is -0.538. The van der Waals surface area contributed by atoms with Crippen molar-refractivity contribution in [3.05, 3.63) is 59.5 Å². The third kappa shape index (κ3) is 3.50. The van der Waals surface area contributed by atoms with Crippen molar-refractivity contribution < 1.29 is 13.5 Å². The SMILES string of the molecule is COc1cc(F)c(SNc2cccc(-c3cn(C)c4ncnc(N)c34)c2F)cc1Cl. The number of nitrogens with two attached hydrogens (primary N) is 1. The Morgan fingerprint density at radius 1 is 1.20 bits per heavy atom. The molecule has 4 aromatic rings. The minimum absolute atomic E-state index is 0.177. The fraction of sp³-hybridized carbons (Fsp3) is 0.100. The fourth-order valence-electron chi connectivity index (χ4n) is 3.11. The lowest BCUT2D eigenvalue weighted by Gasteiger charge is -2.11. The van der Waals surface area contributed by atoms with E-state index in [2.05, 4.69) is 14.7 Å². The molecule has 0 unspecified atom stereocenters. The highest BCUT2D eigenvalue weighted by atomic mass is 35.5. The van der Waals surface area contributed by atoms with Gasteiger partial charge in [-0.2, -0.15) is 0 Å². The van der Waals surface area contributed by atoms with Crippen molar-refractivity contribution in [1.29, 1.82) is 0 Å². The molecule has 0 amide bonds. The van der Waals surface area contributed by atoms with E-state index in [1.807, 2.05) is 0 Å². The Hall–Kier alpha value is -3.04. The van der Waals surface area contributed by atoms with Gasteiger partial charge < -0.3 is 19.8 Å². The van der Waals surface area contributed by atoms with Gasteiger partial charge in [0.2, 0.25) is 0 Å². The van der Waals surface area contributed by atoms with Crippen LogP contribution in [-0.2, 0) is 7.05 Å². The average Bonchev–Trinajstić information content (AvgIpc) is 3.07. The first kappa shape index (κ1) is 20.2. The first-order valence-electron chi connectivity index (χ1n) is 8.71. The van der Waals surface area contributed by atoms with Crippen molar-refractivity contribution >= 4 is 46.1 Å². The summed E-state index contributed by atoms with van der Waals surface area (Å²) < 4.78 is 39.2. The molecule has 154 valence electrons. The Labute approximate surface area is 180 Å². The summed E-state index contributed by atoms with van der Waals surface area (Å²) in [5.41, 5.74) is 7.67. The molecule has 0 bridgehead atoms. The third-order valence-corrected chi connectivity index (χ3v) is 5.70. The van der Waals surface area contributed by atoms with E-state index in [4.69, 9.17) is 22.1 Å². The average molecular weight is 448 g/mol. The normalized spacial score (nSPS) is 11.1. The number of anilines is 2. The lowest BCUT2D eigenvalue weighted by Crippen LogP contribution is -1.97. The molecule has 2 aromatic heterocycles. The van der Waals surface area contributed by atoms with Gasteiger partial charge in [-0.05, 0) is 24.1 Å². The topological polar surface area (TPSA) is 78.0 Å². The number of halogens is 3. The maximum Gasteiger partial charge on any atom is 0.155 e. The van der Waals surface area contributed by atoms with Crippen LogP contribution in [0, 0.1) is 11.6 Å². The number of rotatable bonds is 5. The van der Waals surface area contributed by atoms with E-state index in [0.29, 0.717) is 22.2 Å². The highest BCUT2D eigenvalue weighted by Crippen LogP contribution is 2.37. The van der Waals surface area contributed by atoms with Crippen molar-refractivity contribution in [3.63, 3.8) is 0 Å². The zero-order valence-electron chi connectivity index (χ0n) is 15.9. The van der Waals surface area contributed by atoms with E-state index in [0.717, 1.165) is 11.9 Å². The number of ether oxygens (including phenoxy) is 1. The number of aryl methyl sites for hydroxylation is 1. The predicted molar refractivity (Wildman–Crippen MR) is 116 cm³/mol. The highest BCUT2D eigenvalue weighted by molar-refractivity contribution is 8.00. The quantitative estimate of drug-likeness (QED) is 0.405. The Bertz CT molecular complexity index is 1260. The summed E-state index contributed by atoms with van der Waals surface area (Å²) in [6, 6.07) is 7.48. The van der Waals surface area contributed by atoms with E-state index < -0.39 is 11.6 Å². The van der Waals surface area contributed by atoms with Crippen LogP contribution in [0.25, 0.3) is 22.2 Å². The van der Waals surface area contributed by atoms with Gasteiger partial charge in [-0.3, -0.25) is 0 Å². The van der Waals surface area contributed by atoms with Crippen LogP contribution in [-0.4, -0.2) is 21.6 Å². The van der Waals surface area contributed by atoms with Gasteiger partial charge in [0, 0.05) is 30.4 Å². The van der Waals surface area contributed by atoms with Gasteiger partial charge in [-0.15, -0.1) is 0 Å². The summed E-state index contributed by atoms with van der Waals surface area (Å²) >= 11 is 6.96. The Morgan fingerprint density at radius 2 is 2.00 bits per heavy atom. The molecule has 10 heteroatoms. The molecule has 30 heavy (non-hydrogen) atoms. The number of fused-ring (bicyclic) bond motifs is 1. The number of hydrogen-bond donors (Lipinski definition) is 2. The van der Waals surface area contributed by atoms with Crippen LogP contribution in [0.3, 0.4) is 0 Å². The second-order valence-electron chi connectivity index (χ2n) is 6.40. The van der Waals surface area contributed by atoms with Gasteiger partial charge in [-0.25, -0.2) is 18.7 Å². The standard InChI is InChI=1S/C20H16ClF2N5OS/c1-28-8-11(17-19(24)25-9-26-20(17)28)10-4-3-5-14(18(10)23)27-30-16-6-12(21)15(29-2)7-13(16)22/h3-9,27H,1-2H3,(H2,24,25,26). The molecule has 0 spiro atoms. The maximum atomic E-state index is 15.3. The Morgan fingerprint density at radius 3 is 2.77 bits per heavy atom. The van der Waals surface area contributed by atoms with Crippen LogP contribution in [0.15, 0.2) is 47.8 Å². The lowest BCUT2D eigenvalue weighted by atomic mass is 10.0. The highest BCUT2D eigenvalue weighted by Gasteiger charge is 2.18. The molecule has 6 nitrogen and oxygen atoms in total. The van der Waals surface area contributed by atoms with E-state index >= 15 is 4.39 Å². The first-order valence-corrected chi connectivity index (χ1v) is 9.90. The number of benzene rings is 2. The number of nitrogen functional groups attached to an aromatic ring is 1. The number of hydrogen-bond acceptors (Lipinski definition) is 6. The molecule has 0 aliphatic carbocycles. The molecular formula is C20H16ClF2N5OS. The number of nitrogens with zero attached hydrogens (tertiary/aromatic N) is 3. The second kappa shape index (κ2) is 8.00. The van der Waals surface area contributed by atoms with E-state index in [-0.39, 0.29) is 27.2 Å². The molecule has 0 saturated heterocycles. The van der Waals surface area contributed by atoms with Crippen molar-refractivity contribution in [2.45, 2.75) is 4.90 Å². The Kier molecular flexibility index (Phi) is 5.40. The maximum absolute atomic E-state index is 15.3. The van der Waals surface area contributed by atoms with Crippen LogP contribution in [0.5, 0.6) is 5.75 Å². The van der Waals surface area contributed by atoms with Gasteiger partial charge in [0.25, 0.3) is 0 Å². The minimum Gasteiger partial charge on any atom is -0.495 e. The second-order valence-corrected chi connectivity index (χ2v) is 7.65. The van der Waals surface area contributed by atoms with Crippen molar-refractivity contribution in [2.24, 2.45) is 7.05 Å². The van der Waals surface area contributed by atoms with Gasteiger partial charge in [0.05, 0.1) is 28.1 Å². The summed E-state index contributed by atoms with van der Waals surface area (Å²) in [6.07, 6.45) is 3.11. The Balaban J connectivity index is 1.69. The molecule has 0 aliphatic heterocycles. The molecular weight excluding hydrogens is 432 g/mol. The molecule has 2 aromatic carbocycles. The summed E-state index contributed by atoms with van der Waals surface area (Å²) in [5.74, 6) is -0.565. The third-order valence-electron chi connectivity index (χ3n) is 4.55. The monoisotopic (exact) mass is 447 g/mol. The molecule has 0 aliphatic rings. The number of methoxy groups -OCH3 is 1. The van der Waals surface area contributed by atoms with E-state index in [1.165, 1.54) is 25.6 Å². The van der Waals surface area contributed by atoms with Crippen molar-refractivity contribution in [3.8, 4) is 16.9 Å². The van der Waals surface area contributed by atoms with Crippen LogP contribution in [0.2, 0.25) is 5.02 Å². The van der Waals surface area contributed by atoms with Gasteiger partial charge in [0.15, 0.2) is 5.82 Å². The molecule has 3 N–H and O–H groups in total. The van der Waals surface area contributed by atoms with Crippen molar-refractivity contribution in [1.82, 2.24) is 14.5 Å². The number of aromatic nitrogens is 3. The summed E-state index contributed by atoms with van der Waals surface area (Å²) in [7, 11) is 3.20. The zero-order chi connectivity index (χ0) is 21.4. The van der Waals surface area contributed by atoms with Crippen LogP contribution < -0.4 is 15.2 Å². The molecule has 2 heterocycles. The molecule has 0 radical (unpaired) electrons. The zero-order valence-corrected chi connectivity index (χ0v) is 17.5. The summed E-state index contributed by atoms with van der Waals surface area (Å²) in [5, 5.41) is 0.820. The van der Waals surface area contributed by atoms with Crippen LogP contribution >= 0.6 is 23.5 Å². The van der Waals surface area contributed by atoms with Gasteiger partial charge >= 0.3 is 0 Å². The molecule has 0 atom stereocenters. The van der Waals surface area contributed by atoms with Crippen molar-refractivity contribution in [2.75, 3.05) is 17.6 Å². The number of nitrogens with one attached hydrogen (secondary N) is 1. The predicted octanol–water partition coefficient (Wildman–Crippen LogP) is 5.28. The fourth-order valence-corrected chi connectivity index (χ4v) is 4.13. The molecule has 0 saturated carbocycles. The lowest BCUT2D eigenvalue weighted by molar-refractivity contribution is 0.410. The van der Waals surface area contributed by atoms with Gasteiger partial charge in [-0.1, -0.05) is 23.7 Å². The largest absolute Gasteiger partial charge is 0.495 e. The van der Waals surface area contributed by atoms with Crippen LogP contribution in [0.4, 0.5) is 20.3 Å². The van der Waals surface area contributed by atoms with Crippen LogP contribution in [0.1, 0.15) is 0 Å².